The molecule has 0 radical (unpaired) electrons. The largest absolute Gasteiger partial charge is 0.389 e. The van der Waals surface area contributed by atoms with Gasteiger partial charge >= 0.3 is 0 Å². The van der Waals surface area contributed by atoms with E-state index in [1.165, 1.54) is 0 Å². The summed E-state index contributed by atoms with van der Waals surface area (Å²) in [7, 11) is 0. The van der Waals surface area contributed by atoms with E-state index in [0.29, 0.717) is 10.6 Å². The molecule has 0 fully saturated rings. The van der Waals surface area contributed by atoms with E-state index in [4.69, 9.17) is 17.3 Å². The second kappa shape index (κ2) is 4.58. The van der Waals surface area contributed by atoms with Crippen molar-refractivity contribution in [1.82, 2.24) is 0 Å². The van der Waals surface area contributed by atoms with Gasteiger partial charge in [-0.2, -0.15) is 0 Å². The zero-order valence-electron chi connectivity index (χ0n) is 7.02. The summed E-state index contributed by atoms with van der Waals surface area (Å²) in [5.41, 5.74) is 5.82. The molecule has 0 spiro atoms. The number of halogens is 1. The van der Waals surface area contributed by atoms with Gasteiger partial charge in [0.25, 0.3) is 0 Å². The minimum Gasteiger partial charge on any atom is -0.389 e. The predicted molar refractivity (Wildman–Crippen MR) is 51.5 cm³/mol. The lowest BCUT2D eigenvalue weighted by Gasteiger charge is -2.15. The molecule has 1 aromatic rings. The van der Waals surface area contributed by atoms with E-state index in [9.17, 15) is 10.2 Å². The molecule has 0 amide bonds. The molecule has 1 aromatic carbocycles. The standard InChI is InChI=1S/C9H12ClNO2/c10-7-3-1-6(2-4-7)9(13)8(12)5-11/h1-4,8-9,12-13H,5,11H2. The van der Waals surface area contributed by atoms with Crippen LogP contribution in [0, 0.1) is 0 Å². The van der Waals surface area contributed by atoms with Crippen LogP contribution in [0.1, 0.15) is 11.7 Å². The van der Waals surface area contributed by atoms with E-state index < -0.39 is 12.2 Å². The highest BCUT2D eigenvalue weighted by molar-refractivity contribution is 6.30. The van der Waals surface area contributed by atoms with Gasteiger partial charge in [-0.15, -0.1) is 0 Å². The lowest BCUT2D eigenvalue weighted by molar-refractivity contribution is 0.0243. The zero-order chi connectivity index (χ0) is 9.84. The molecule has 0 heterocycles. The predicted octanol–water partition coefficient (Wildman–Crippen LogP) is 0.693. The number of hydrogen-bond acceptors (Lipinski definition) is 3. The fourth-order valence-electron chi connectivity index (χ4n) is 1.01. The fourth-order valence-corrected chi connectivity index (χ4v) is 1.14. The molecule has 4 heteroatoms. The lowest BCUT2D eigenvalue weighted by Crippen LogP contribution is -2.27. The van der Waals surface area contributed by atoms with E-state index >= 15 is 0 Å². The molecule has 4 N–H and O–H groups in total. The average molecular weight is 202 g/mol. The maximum absolute atomic E-state index is 9.51. The van der Waals surface area contributed by atoms with E-state index in [1.807, 2.05) is 0 Å². The van der Waals surface area contributed by atoms with Crippen LogP contribution in [0.25, 0.3) is 0 Å². The van der Waals surface area contributed by atoms with Crippen LogP contribution in [0.3, 0.4) is 0 Å². The Morgan fingerprint density at radius 3 is 2.23 bits per heavy atom. The Morgan fingerprint density at radius 2 is 1.77 bits per heavy atom. The Kier molecular flexibility index (Phi) is 3.69. The third-order valence-corrected chi connectivity index (χ3v) is 2.07. The Hall–Kier alpha value is -0.610. The van der Waals surface area contributed by atoms with Crippen LogP contribution in [0.4, 0.5) is 0 Å². The summed E-state index contributed by atoms with van der Waals surface area (Å²) in [6.07, 6.45) is -1.87. The molecule has 0 saturated heterocycles. The number of nitrogens with two attached hydrogens (primary N) is 1. The highest BCUT2D eigenvalue weighted by Crippen LogP contribution is 2.18. The van der Waals surface area contributed by atoms with Crippen LogP contribution >= 0.6 is 11.6 Å². The summed E-state index contributed by atoms with van der Waals surface area (Å²) in [5, 5.41) is 19.3. The van der Waals surface area contributed by atoms with Gasteiger partial charge in [0.2, 0.25) is 0 Å². The number of benzene rings is 1. The summed E-state index contributed by atoms with van der Waals surface area (Å²) in [5.74, 6) is 0. The van der Waals surface area contributed by atoms with Crippen molar-refractivity contribution >= 4 is 11.6 Å². The van der Waals surface area contributed by atoms with Crippen LogP contribution in [0.5, 0.6) is 0 Å². The van der Waals surface area contributed by atoms with Crippen molar-refractivity contribution in [2.75, 3.05) is 6.54 Å². The second-order valence-electron chi connectivity index (χ2n) is 2.80. The van der Waals surface area contributed by atoms with Crippen LogP contribution in [-0.4, -0.2) is 22.9 Å². The van der Waals surface area contributed by atoms with Gasteiger partial charge in [-0.05, 0) is 17.7 Å². The molecule has 1 rings (SSSR count). The Morgan fingerprint density at radius 1 is 1.23 bits per heavy atom. The van der Waals surface area contributed by atoms with Gasteiger partial charge in [0.1, 0.15) is 6.10 Å². The molecular formula is C9H12ClNO2. The maximum Gasteiger partial charge on any atom is 0.106 e. The minimum absolute atomic E-state index is 0.0315. The van der Waals surface area contributed by atoms with Crippen molar-refractivity contribution in [2.45, 2.75) is 12.2 Å². The summed E-state index contributed by atoms with van der Waals surface area (Å²) in [6.45, 7) is 0.0315. The molecule has 0 saturated carbocycles. The molecule has 2 unspecified atom stereocenters. The summed E-state index contributed by atoms with van der Waals surface area (Å²) in [4.78, 5) is 0. The molecule has 0 aliphatic heterocycles. The van der Waals surface area contributed by atoms with Gasteiger partial charge < -0.3 is 15.9 Å². The van der Waals surface area contributed by atoms with E-state index in [2.05, 4.69) is 0 Å². The molecule has 0 aliphatic carbocycles. The third kappa shape index (κ3) is 2.67. The molecule has 3 nitrogen and oxygen atoms in total. The van der Waals surface area contributed by atoms with Gasteiger partial charge in [0, 0.05) is 11.6 Å². The van der Waals surface area contributed by atoms with Gasteiger partial charge in [0.15, 0.2) is 0 Å². The number of hydrogen-bond donors (Lipinski definition) is 3. The highest BCUT2D eigenvalue weighted by Gasteiger charge is 2.15. The van der Waals surface area contributed by atoms with Crippen molar-refractivity contribution in [1.29, 1.82) is 0 Å². The van der Waals surface area contributed by atoms with Gasteiger partial charge in [-0.25, -0.2) is 0 Å². The van der Waals surface area contributed by atoms with Crippen LogP contribution in [0.15, 0.2) is 24.3 Å². The Bertz CT molecular complexity index is 263. The zero-order valence-corrected chi connectivity index (χ0v) is 7.78. The SMILES string of the molecule is NCC(O)C(O)c1ccc(Cl)cc1. The highest BCUT2D eigenvalue weighted by atomic mass is 35.5. The minimum atomic E-state index is -0.942. The van der Waals surface area contributed by atoms with E-state index in [-0.39, 0.29) is 6.54 Å². The Labute approximate surface area is 81.8 Å². The number of rotatable bonds is 3. The molecule has 2 atom stereocenters. The summed E-state index contributed by atoms with van der Waals surface area (Å²) >= 11 is 5.66. The van der Waals surface area contributed by atoms with Crippen LogP contribution < -0.4 is 5.73 Å². The quantitative estimate of drug-likeness (QED) is 0.674. The monoisotopic (exact) mass is 201 g/mol. The first-order valence-electron chi connectivity index (χ1n) is 3.97. The molecule has 0 aromatic heterocycles. The van der Waals surface area contributed by atoms with Gasteiger partial charge in [-0.3, -0.25) is 0 Å². The van der Waals surface area contributed by atoms with Crippen molar-refractivity contribution < 1.29 is 10.2 Å². The molecule has 0 bridgehead atoms. The first-order chi connectivity index (χ1) is 6.15. The smallest absolute Gasteiger partial charge is 0.106 e. The summed E-state index contributed by atoms with van der Waals surface area (Å²) < 4.78 is 0. The maximum atomic E-state index is 9.51. The van der Waals surface area contributed by atoms with Gasteiger partial charge in [-0.1, -0.05) is 23.7 Å². The fraction of sp³-hybridized carbons (Fsp3) is 0.333. The average Bonchev–Trinajstić information content (AvgIpc) is 2.17. The molecule has 72 valence electrons. The Balaban J connectivity index is 2.77. The first-order valence-corrected chi connectivity index (χ1v) is 4.34. The third-order valence-electron chi connectivity index (χ3n) is 1.82. The van der Waals surface area contributed by atoms with E-state index in [1.54, 1.807) is 24.3 Å². The van der Waals surface area contributed by atoms with Crippen molar-refractivity contribution in [3.8, 4) is 0 Å². The van der Waals surface area contributed by atoms with Crippen molar-refractivity contribution in [3.05, 3.63) is 34.9 Å². The van der Waals surface area contributed by atoms with Gasteiger partial charge in [0.05, 0.1) is 6.10 Å². The summed E-state index contributed by atoms with van der Waals surface area (Å²) in [6, 6.07) is 6.63. The van der Waals surface area contributed by atoms with Crippen LogP contribution in [0.2, 0.25) is 5.02 Å². The number of aliphatic hydroxyl groups excluding tert-OH is 2. The molecule has 0 aliphatic rings. The molecular weight excluding hydrogens is 190 g/mol. The topological polar surface area (TPSA) is 66.5 Å². The lowest BCUT2D eigenvalue weighted by atomic mass is 10.1. The van der Waals surface area contributed by atoms with Crippen LogP contribution in [-0.2, 0) is 0 Å². The van der Waals surface area contributed by atoms with E-state index in [0.717, 1.165) is 0 Å². The first kappa shape index (κ1) is 10.5. The molecule has 13 heavy (non-hydrogen) atoms. The number of aliphatic hydroxyl groups is 2. The van der Waals surface area contributed by atoms with Crippen molar-refractivity contribution in [3.63, 3.8) is 0 Å². The second-order valence-corrected chi connectivity index (χ2v) is 3.24. The van der Waals surface area contributed by atoms with Crippen molar-refractivity contribution in [2.24, 2.45) is 5.73 Å². The normalized spacial score (nSPS) is 15.4.